The van der Waals surface area contributed by atoms with Crippen molar-refractivity contribution in [1.82, 2.24) is 9.80 Å². The summed E-state index contributed by atoms with van der Waals surface area (Å²) >= 11 is 0. The third kappa shape index (κ3) is 5.21. The van der Waals surface area contributed by atoms with E-state index in [2.05, 4.69) is 0 Å². The van der Waals surface area contributed by atoms with Crippen LogP contribution in [0.1, 0.15) is 50.3 Å². The molecule has 5 nitrogen and oxygen atoms in total. The molecule has 0 saturated carbocycles. The number of carbonyl (C=O) groups is 2. The average molecular weight is 475 g/mol. The Kier molecular flexibility index (Phi) is 6.36. The molecule has 0 aromatic heterocycles. The maximum Gasteiger partial charge on any atom is 0.416 e. The third-order valence-corrected chi connectivity index (χ3v) is 6.24. The maximum atomic E-state index is 13.3. The zero-order valence-corrected chi connectivity index (χ0v) is 19.6. The van der Waals surface area contributed by atoms with Crippen LogP contribution in [-0.2, 0) is 28.7 Å². The van der Waals surface area contributed by atoms with Crippen LogP contribution < -0.4 is 0 Å². The first kappa shape index (κ1) is 24.1. The average Bonchev–Trinajstić information content (AvgIpc) is 3.26. The number of carbonyl (C=O) groups excluding carboxylic acids is 2. The predicted octanol–water partition coefficient (Wildman–Crippen LogP) is 5.66. The summed E-state index contributed by atoms with van der Waals surface area (Å²) in [7, 11) is 0. The first-order valence-corrected chi connectivity index (χ1v) is 11.5. The van der Waals surface area contributed by atoms with Gasteiger partial charge in [0.25, 0.3) is 0 Å². The van der Waals surface area contributed by atoms with Crippen LogP contribution in [0.5, 0.6) is 0 Å². The van der Waals surface area contributed by atoms with Crippen molar-refractivity contribution >= 4 is 12.0 Å². The number of halogens is 3. The number of hydrogen-bond acceptors (Lipinski definition) is 3. The van der Waals surface area contributed by atoms with Gasteiger partial charge in [-0.3, -0.25) is 9.69 Å². The van der Waals surface area contributed by atoms with Crippen molar-refractivity contribution < 1.29 is 27.5 Å². The van der Waals surface area contributed by atoms with Crippen molar-refractivity contribution in [2.45, 2.75) is 64.4 Å². The largest absolute Gasteiger partial charge is 0.444 e. The molecule has 0 N–H and O–H groups in total. The van der Waals surface area contributed by atoms with Crippen LogP contribution in [-0.4, -0.2) is 46.5 Å². The molecular weight excluding hydrogens is 445 g/mol. The van der Waals surface area contributed by atoms with E-state index >= 15 is 0 Å². The summed E-state index contributed by atoms with van der Waals surface area (Å²) in [5, 5.41) is 0. The van der Waals surface area contributed by atoms with Gasteiger partial charge in [0.05, 0.1) is 5.56 Å². The molecule has 8 heteroatoms. The first-order valence-electron chi connectivity index (χ1n) is 11.5. The van der Waals surface area contributed by atoms with Crippen LogP contribution in [0.15, 0.2) is 42.5 Å². The van der Waals surface area contributed by atoms with Crippen molar-refractivity contribution in [2.75, 3.05) is 13.1 Å². The van der Waals surface area contributed by atoms with Crippen LogP contribution in [0.3, 0.4) is 0 Å². The molecule has 2 aromatic carbocycles. The van der Waals surface area contributed by atoms with Crippen LogP contribution in [0, 0.1) is 0 Å². The van der Waals surface area contributed by atoms with Crippen LogP contribution in [0.2, 0.25) is 0 Å². The van der Waals surface area contributed by atoms with Crippen molar-refractivity contribution in [3.05, 3.63) is 59.2 Å². The number of benzene rings is 2. The highest BCUT2D eigenvalue weighted by molar-refractivity contribution is 5.86. The Balaban J connectivity index is 1.49. The zero-order chi connectivity index (χ0) is 24.7. The van der Waals surface area contributed by atoms with E-state index < -0.39 is 29.5 Å². The number of nitrogens with zero attached hydrogens (tertiary/aromatic N) is 2. The van der Waals surface area contributed by atoms with Crippen LogP contribution in [0.25, 0.3) is 11.1 Å². The van der Waals surface area contributed by atoms with E-state index in [9.17, 15) is 22.8 Å². The van der Waals surface area contributed by atoms with Gasteiger partial charge in [-0.2, -0.15) is 13.2 Å². The summed E-state index contributed by atoms with van der Waals surface area (Å²) in [6, 6.07) is 10.4. The highest BCUT2D eigenvalue weighted by Gasteiger charge is 2.39. The fraction of sp³-hybridized carbons (Fsp3) is 0.462. The summed E-state index contributed by atoms with van der Waals surface area (Å²) in [6.07, 6.45) is -2.80. The summed E-state index contributed by atoms with van der Waals surface area (Å²) in [5.41, 5.74) is 2.27. The molecule has 0 aliphatic carbocycles. The number of amides is 2. The Morgan fingerprint density at radius 2 is 1.62 bits per heavy atom. The van der Waals surface area contributed by atoms with Gasteiger partial charge in [-0.05, 0) is 80.5 Å². The Morgan fingerprint density at radius 3 is 2.26 bits per heavy atom. The molecular formula is C26H29F3N2O3. The number of ether oxygens (including phenoxy) is 1. The lowest BCUT2D eigenvalue weighted by molar-refractivity contribution is -0.138. The molecule has 4 rings (SSSR count). The lowest BCUT2D eigenvalue weighted by atomic mass is 9.94. The summed E-state index contributed by atoms with van der Waals surface area (Å²) in [5.74, 6) is -0.0889. The molecule has 1 fully saturated rings. The fourth-order valence-electron chi connectivity index (χ4n) is 4.55. The lowest BCUT2D eigenvalue weighted by Crippen LogP contribution is -2.50. The first-order chi connectivity index (χ1) is 15.9. The van der Waals surface area contributed by atoms with Gasteiger partial charge in [0.1, 0.15) is 11.6 Å². The Bertz CT molecular complexity index is 1070. The van der Waals surface area contributed by atoms with Crippen molar-refractivity contribution in [3.63, 3.8) is 0 Å². The number of hydrogen-bond donors (Lipinski definition) is 0. The minimum absolute atomic E-state index is 0.0889. The maximum absolute atomic E-state index is 13.3. The SMILES string of the molecule is CC(C)(C)OC(=O)N1CCCC1C(=O)N1CCc2ccc(-c3ccc(C(F)(F)F)cc3)cc2C1. The van der Waals surface area contributed by atoms with Crippen molar-refractivity contribution in [1.29, 1.82) is 0 Å². The van der Waals surface area contributed by atoms with Gasteiger partial charge >= 0.3 is 12.3 Å². The van der Waals surface area contributed by atoms with E-state index in [1.165, 1.54) is 17.0 Å². The van der Waals surface area contributed by atoms with E-state index in [1.54, 1.807) is 25.7 Å². The summed E-state index contributed by atoms with van der Waals surface area (Å²) in [6.45, 7) is 6.86. The Labute approximate surface area is 197 Å². The molecule has 2 heterocycles. The van der Waals surface area contributed by atoms with Gasteiger partial charge in [-0.15, -0.1) is 0 Å². The number of likely N-dealkylation sites (tertiary alicyclic amines) is 1. The van der Waals surface area contributed by atoms with E-state index in [1.807, 2.05) is 18.2 Å². The van der Waals surface area contributed by atoms with E-state index in [0.717, 1.165) is 35.2 Å². The topological polar surface area (TPSA) is 49.9 Å². The van der Waals surface area contributed by atoms with Crippen LogP contribution >= 0.6 is 0 Å². The Morgan fingerprint density at radius 1 is 0.941 bits per heavy atom. The van der Waals surface area contributed by atoms with Gasteiger partial charge in [0.2, 0.25) is 5.91 Å². The normalized spacial score (nSPS) is 18.6. The van der Waals surface area contributed by atoms with E-state index in [4.69, 9.17) is 4.74 Å². The van der Waals surface area contributed by atoms with Gasteiger partial charge in [0, 0.05) is 19.6 Å². The highest BCUT2D eigenvalue weighted by Crippen LogP contribution is 2.32. The minimum Gasteiger partial charge on any atom is -0.444 e. The standard InChI is InChI=1S/C26H29F3N2O3/c1-25(2,3)34-24(33)31-13-4-5-22(31)23(32)30-14-12-18-6-7-19(15-20(18)16-30)17-8-10-21(11-9-17)26(27,28)29/h6-11,15,22H,4-5,12-14,16H2,1-3H3. The quantitative estimate of drug-likeness (QED) is 0.565. The molecule has 1 saturated heterocycles. The molecule has 0 spiro atoms. The minimum atomic E-state index is -4.37. The monoisotopic (exact) mass is 474 g/mol. The van der Waals surface area contributed by atoms with E-state index in [-0.39, 0.29) is 5.91 Å². The smallest absolute Gasteiger partial charge is 0.416 e. The van der Waals surface area contributed by atoms with E-state index in [0.29, 0.717) is 38.0 Å². The van der Waals surface area contributed by atoms with Gasteiger partial charge < -0.3 is 9.64 Å². The third-order valence-electron chi connectivity index (χ3n) is 6.24. The Hall–Kier alpha value is -3.03. The predicted molar refractivity (Wildman–Crippen MR) is 122 cm³/mol. The second-order valence-electron chi connectivity index (χ2n) is 9.90. The molecule has 1 unspecified atom stereocenters. The van der Waals surface area contributed by atoms with Crippen LogP contribution in [0.4, 0.5) is 18.0 Å². The molecule has 34 heavy (non-hydrogen) atoms. The van der Waals surface area contributed by atoms with Crippen molar-refractivity contribution in [3.8, 4) is 11.1 Å². The number of alkyl halides is 3. The second kappa shape index (κ2) is 8.96. The fourth-order valence-corrected chi connectivity index (χ4v) is 4.55. The lowest BCUT2D eigenvalue weighted by Gasteiger charge is -2.34. The second-order valence-corrected chi connectivity index (χ2v) is 9.90. The van der Waals surface area contributed by atoms with Crippen molar-refractivity contribution in [2.24, 2.45) is 0 Å². The number of fused-ring (bicyclic) bond motifs is 1. The molecule has 0 bridgehead atoms. The molecule has 1 atom stereocenters. The van der Waals surface area contributed by atoms with Gasteiger partial charge in [-0.25, -0.2) is 4.79 Å². The summed E-state index contributed by atoms with van der Waals surface area (Å²) < 4.78 is 44.1. The molecule has 2 aliphatic heterocycles. The summed E-state index contributed by atoms with van der Waals surface area (Å²) in [4.78, 5) is 29.3. The molecule has 2 aromatic rings. The zero-order valence-electron chi connectivity index (χ0n) is 19.6. The van der Waals surface area contributed by atoms with Gasteiger partial charge in [0.15, 0.2) is 0 Å². The molecule has 182 valence electrons. The molecule has 2 aliphatic rings. The molecule has 2 amide bonds. The highest BCUT2D eigenvalue weighted by atomic mass is 19.4. The molecule has 0 radical (unpaired) electrons. The number of rotatable bonds is 2. The van der Waals surface area contributed by atoms with Gasteiger partial charge in [-0.1, -0.05) is 24.3 Å².